The van der Waals surface area contributed by atoms with Crippen LogP contribution in [0.15, 0.2) is 77.8 Å². The van der Waals surface area contributed by atoms with E-state index in [0.717, 1.165) is 16.7 Å². The van der Waals surface area contributed by atoms with Gasteiger partial charge in [-0.05, 0) is 28.3 Å². The van der Waals surface area contributed by atoms with Crippen LogP contribution in [0.4, 0.5) is 0 Å². The summed E-state index contributed by atoms with van der Waals surface area (Å²) in [4.78, 5) is 19.9. The molecule has 0 saturated heterocycles. The number of aliphatic imine (C=N–C) groups is 1. The molecule has 0 bridgehead atoms. The first kappa shape index (κ1) is 20.1. The predicted molar refractivity (Wildman–Crippen MR) is 118 cm³/mol. The number of allylic oxidation sites excluding steroid dienone is 2. The monoisotopic (exact) mass is 402 g/mol. The summed E-state index contributed by atoms with van der Waals surface area (Å²) in [5.41, 5.74) is 13.4. The topological polar surface area (TPSA) is 93.9 Å². The molecule has 2 aliphatic rings. The fourth-order valence-electron chi connectivity index (χ4n) is 4.38. The van der Waals surface area contributed by atoms with Crippen molar-refractivity contribution < 1.29 is 9.53 Å². The van der Waals surface area contributed by atoms with Crippen molar-refractivity contribution >= 4 is 17.4 Å². The van der Waals surface area contributed by atoms with E-state index in [-0.39, 0.29) is 11.9 Å². The summed E-state index contributed by atoms with van der Waals surface area (Å²) < 4.78 is 6.14. The maximum absolute atomic E-state index is 13.7. The van der Waals surface area contributed by atoms with Crippen molar-refractivity contribution in [3.63, 3.8) is 0 Å². The van der Waals surface area contributed by atoms with Crippen LogP contribution in [0, 0.1) is 0 Å². The molecule has 2 aromatic carbocycles. The number of carbonyl (C=O) groups is 1. The zero-order chi connectivity index (χ0) is 21.4. The lowest BCUT2D eigenvalue weighted by molar-refractivity contribution is -0.140. The van der Waals surface area contributed by atoms with Gasteiger partial charge in [-0.15, -0.1) is 0 Å². The van der Waals surface area contributed by atoms with Gasteiger partial charge in [-0.1, -0.05) is 66.7 Å². The van der Waals surface area contributed by atoms with Crippen molar-refractivity contribution in [3.8, 4) is 0 Å². The third-order valence-corrected chi connectivity index (χ3v) is 6.06. The maximum Gasteiger partial charge on any atom is 0.265 e. The highest BCUT2D eigenvalue weighted by Crippen LogP contribution is 2.50. The number of hydrogen-bond donors (Lipinski definition) is 2. The summed E-state index contributed by atoms with van der Waals surface area (Å²) in [6, 6.07) is 17.7. The molecule has 0 aromatic heterocycles. The lowest BCUT2D eigenvalue weighted by Gasteiger charge is -2.44. The number of benzene rings is 2. The summed E-state index contributed by atoms with van der Waals surface area (Å²) in [6.07, 6.45) is 6.36. The van der Waals surface area contributed by atoms with Gasteiger partial charge in [0, 0.05) is 27.1 Å². The number of carbonyl (C=O) groups excluding carboxylic acids is 1. The van der Waals surface area contributed by atoms with E-state index in [2.05, 4.69) is 0 Å². The minimum atomic E-state index is -1.35. The normalized spacial score (nSPS) is 26.0. The van der Waals surface area contributed by atoms with Crippen molar-refractivity contribution in [2.45, 2.75) is 24.1 Å². The molecule has 6 heteroatoms. The van der Waals surface area contributed by atoms with E-state index in [1.807, 2.05) is 72.8 Å². The van der Waals surface area contributed by atoms with Gasteiger partial charge in [0.15, 0.2) is 5.96 Å². The maximum atomic E-state index is 13.7. The van der Waals surface area contributed by atoms with Crippen LogP contribution in [0.1, 0.15) is 23.1 Å². The number of methoxy groups -OCH3 is 1. The summed E-state index contributed by atoms with van der Waals surface area (Å²) >= 11 is 0. The Kier molecular flexibility index (Phi) is 5.05. The molecule has 1 aliphatic heterocycles. The van der Waals surface area contributed by atoms with Crippen LogP contribution in [0.2, 0.25) is 0 Å². The summed E-state index contributed by atoms with van der Waals surface area (Å²) in [6.45, 7) is 0.359. The van der Waals surface area contributed by atoms with Gasteiger partial charge in [0.1, 0.15) is 5.60 Å². The Morgan fingerprint density at radius 1 is 1.17 bits per heavy atom. The Bertz CT molecular complexity index is 1060. The number of amides is 1. The second-order valence-electron chi connectivity index (χ2n) is 7.64. The van der Waals surface area contributed by atoms with E-state index in [1.165, 1.54) is 4.90 Å². The molecule has 30 heavy (non-hydrogen) atoms. The molecule has 154 valence electrons. The van der Waals surface area contributed by atoms with Gasteiger partial charge in [-0.2, -0.15) is 0 Å². The molecule has 0 saturated carbocycles. The van der Waals surface area contributed by atoms with E-state index in [1.54, 1.807) is 14.2 Å². The van der Waals surface area contributed by atoms with Crippen LogP contribution in [0.5, 0.6) is 0 Å². The van der Waals surface area contributed by atoms with Crippen LogP contribution in [-0.2, 0) is 21.6 Å². The first-order valence-corrected chi connectivity index (χ1v) is 9.89. The quantitative estimate of drug-likeness (QED) is 0.804. The second kappa shape index (κ2) is 7.55. The number of ether oxygens (including phenoxy) is 1. The van der Waals surface area contributed by atoms with Crippen LogP contribution in [0.25, 0.3) is 5.57 Å². The van der Waals surface area contributed by atoms with Crippen molar-refractivity contribution in [2.75, 3.05) is 14.2 Å². The molecular weight excluding hydrogens is 376 g/mol. The van der Waals surface area contributed by atoms with Crippen molar-refractivity contribution in [1.82, 2.24) is 4.90 Å². The molecule has 2 aromatic rings. The molecule has 1 aliphatic carbocycles. The minimum absolute atomic E-state index is 0.166. The number of hydrogen-bond acceptors (Lipinski definition) is 5. The van der Waals surface area contributed by atoms with Crippen molar-refractivity contribution in [2.24, 2.45) is 16.5 Å². The Balaban J connectivity index is 1.92. The van der Waals surface area contributed by atoms with Gasteiger partial charge in [0.25, 0.3) is 5.91 Å². The second-order valence-corrected chi connectivity index (χ2v) is 7.64. The third-order valence-electron chi connectivity index (χ3n) is 6.06. The first-order valence-electron chi connectivity index (χ1n) is 9.89. The fourth-order valence-corrected chi connectivity index (χ4v) is 4.38. The molecule has 6 nitrogen and oxygen atoms in total. The van der Waals surface area contributed by atoms with Gasteiger partial charge >= 0.3 is 0 Å². The number of likely N-dealkylation sites (N-methyl/N-ethyl adjacent to an activating group) is 1. The van der Waals surface area contributed by atoms with Gasteiger partial charge in [-0.3, -0.25) is 9.69 Å². The molecule has 4 rings (SSSR count). The number of nitrogens with zero attached hydrogens (tertiary/aromatic N) is 2. The molecule has 0 spiro atoms. The average Bonchev–Trinajstić information content (AvgIpc) is 3.04. The van der Waals surface area contributed by atoms with Crippen molar-refractivity contribution in [3.05, 3.63) is 89.5 Å². The van der Waals surface area contributed by atoms with Crippen LogP contribution < -0.4 is 11.5 Å². The Morgan fingerprint density at radius 2 is 1.93 bits per heavy atom. The molecule has 1 amide bonds. The number of guanidine groups is 1. The molecule has 1 heterocycles. The Hall–Kier alpha value is -3.22. The smallest absolute Gasteiger partial charge is 0.265 e. The largest absolute Gasteiger partial charge is 0.370 e. The van der Waals surface area contributed by atoms with E-state index in [9.17, 15) is 4.79 Å². The van der Waals surface area contributed by atoms with Crippen LogP contribution in [-0.4, -0.2) is 36.5 Å². The lowest BCUT2D eigenvalue weighted by atomic mass is 9.68. The fraction of sp³-hybridized carbons (Fsp3) is 0.250. The molecule has 2 atom stereocenters. The van der Waals surface area contributed by atoms with E-state index >= 15 is 0 Å². The SMILES string of the molecule is COC1(C2(c3cccc(CN)c3)N=C(N)N(C)C2=O)C=CC=C(c2ccccc2)C1. The molecule has 0 radical (unpaired) electrons. The predicted octanol–water partition coefficient (Wildman–Crippen LogP) is 2.56. The minimum Gasteiger partial charge on any atom is -0.370 e. The van der Waals surface area contributed by atoms with E-state index in [4.69, 9.17) is 21.2 Å². The van der Waals surface area contributed by atoms with E-state index < -0.39 is 11.1 Å². The number of nitrogens with two attached hydrogens (primary N) is 2. The van der Waals surface area contributed by atoms with Crippen LogP contribution >= 0.6 is 0 Å². The highest BCUT2D eigenvalue weighted by molar-refractivity contribution is 6.08. The zero-order valence-electron chi connectivity index (χ0n) is 17.2. The molecule has 4 N–H and O–H groups in total. The van der Waals surface area contributed by atoms with Crippen molar-refractivity contribution in [1.29, 1.82) is 0 Å². The van der Waals surface area contributed by atoms with Gasteiger partial charge in [0.2, 0.25) is 5.54 Å². The molecular formula is C24H26N4O2. The van der Waals surface area contributed by atoms with E-state index in [0.29, 0.717) is 18.5 Å². The Labute approximate surface area is 176 Å². The highest BCUT2D eigenvalue weighted by atomic mass is 16.5. The Morgan fingerprint density at radius 3 is 2.57 bits per heavy atom. The average molecular weight is 402 g/mol. The number of rotatable bonds is 5. The van der Waals surface area contributed by atoms with Gasteiger partial charge < -0.3 is 16.2 Å². The van der Waals surface area contributed by atoms with Gasteiger partial charge in [0.05, 0.1) is 0 Å². The molecule has 0 fully saturated rings. The zero-order valence-corrected chi connectivity index (χ0v) is 17.2. The van der Waals surface area contributed by atoms with Gasteiger partial charge in [-0.25, -0.2) is 4.99 Å². The molecule has 2 unspecified atom stereocenters. The summed E-state index contributed by atoms with van der Waals surface area (Å²) in [5, 5.41) is 0. The summed E-state index contributed by atoms with van der Waals surface area (Å²) in [5.74, 6) is -0.0613. The van der Waals surface area contributed by atoms with Crippen LogP contribution in [0.3, 0.4) is 0 Å². The third kappa shape index (κ3) is 2.88. The summed E-state index contributed by atoms with van der Waals surface area (Å²) in [7, 11) is 3.25. The lowest BCUT2D eigenvalue weighted by Crippen LogP contribution is -2.57. The highest BCUT2D eigenvalue weighted by Gasteiger charge is 2.62. The standard InChI is InChI=1S/C24H26N4O2/c1-28-21(29)24(27-22(28)26,20-12-6-8-17(14-20)16-25)23(30-2)13-7-11-19(15-23)18-9-4-3-5-10-18/h3-14H,15-16,25H2,1-2H3,(H2,26,27). The first-order chi connectivity index (χ1) is 14.5.